The minimum atomic E-state index is 0.900. The fraction of sp³-hybridized carbons (Fsp3) is 0. The number of para-hydroxylation sites is 4. The molecule has 8 nitrogen and oxygen atoms in total. The van der Waals surface area contributed by atoms with E-state index in [9.17, 15) is 0 Å². The number of nitrogens with zero attached hydrogens (tertiary/aromatic N) is 1. The number of hydrogen-bond donors (Lipinski definition) is 4. The molecule has 4 N–H and O–H groups in total. The molecule has 0 unspecified atom stereocenters. The summed E-state index contributed by atoms with van der Waals surface area (Å²) in [6.07, 6.45) is 3.66. The normalized spacial score (nSPS) is 11.1. The third kappa shape index (κ3) is 13.3. The first-order valence-electron chi connectivity index (χ1n) is 32.6. The van der Waals surface area contributed by atoms with Gasteiger partial charge in [-0.1, -0.05) is 200 Å². The third-order valence-corrected chi connectivity index (χ3v) is 18.4. The van der Waals surface area contributed by atoms with Crippen LogP contribution in [0.3, 0.4) is 0 Å². The molecule has 5 heterocycles. The van der Waals surface area contributed by atoms with Crippen LogP contribution in [-0.2, 0) is 0 Å². The number of thiophene rings is 1. The number of benzene rings is 14. The zero-order valence-corrected chi connectivity index (χ0v) is 54.0. The van der Waals surface area contributed by atoms with E-state index >= 15 is 0 Å². The van der Waals surface area contributed by atoms with E-state index in [4.69, 9.17) is 13.3 Å². The number of nitrogens with one attached hydrogen (secondary N) is 4. The maximum absolute atomic E-state index is 5.97. The number of aromatic nitrogens is 1. The molecule has 0 radical (unpaired) electrons. The van der Waals surface area contributed by atoms with Gasteiger partial charge in [-0.05, 0) is 173 Å². The highest BCUT2D eigenvalue weighted by Gasteiger charge is 2.12. The van der Waals surface area contributed by atoms with Crippen LogP contribution in [0, 0.1) is 0 Å². The molecule has 0 aliphatic rings. The second-order valence-electron chi connectivity index (χ2n) is 23.8. The lowest BCUT2D eigenvalue weighted by Gasteiger charge is -2.09. The zero-order chi connectivity index (χ0) is 65.4. The van der Waals surface area contributed by atoms with Crippen LogP contribution in [0.5, 0.6) is 0 Å². The number of hydrogen-bond acceptors (Lipinski definition) is 9. The summed E-state index contributed by atoms with van der Waals surface area (Å²) < 4.78 is 20.4. The van der Waals surface area contributed by atoms with Crippen molar-refractivity contribution < 1.29 is 13.3 Å². The van der Waals surface area contributed by atoms with Crippen LogP contribution in [-0.4, -0.2) is 4.98 Å². The van der Waals surface area contributed by atoms with Crippen molar-refractivity contribution in [3.8, 4) is 33.4 Å². The first-order valence-corrected chi connectivity index (χ1v) is 33.4. The van der Waals surface area contributed by atoms with Crippen molar-refractivity contribution in [2.45, 2.75) is 0 Å². The molecule has 0 bridgehead atoms. The quantitative estimate of drug-likeness (QED) is 0.102. The van der Waals surface area contributed by atoms with Crippen molar-refractivity contribution in [3.05, 3.63) is 358 Å². The molecule has 98 heavy (non-hydrogen) atoms. The highest BCUT2D eigenvalue weighted by Crippen LogP contribution is 2.38. The van der Waals surface area contributed by atoms with Gasteiger partial charge >= 0.3 is 0 Å². The molecule has 0 aliphatic carbocycles. The summed E-state index contributed by atoms with van der Waals surface area (Å²) in [5.74, 6) is 0. The summed E-state index contributed by atoms with van der Waals surface area (Å²) in [4.78, 5) is 4.18. The van der Waals surface area contributed by atoms with Crippen molar-refractivity contribution in [2.75, 3.05) is 21.3 Å². The topological polar surface area (TPSA) is 100 Å². The smallest absolute Gasteiger partial charge is 0.137 e. The fourth-order valence-electron chi connectivity index (χ4n) is 12.5. The van der Waals surface area contributed by atoms with Crippen LogP contribution in [0.2, 0.25) is 0 Å². The lowest BCUT2D eigenvalue weighted by molar-refractivity contribution is 0.668. The molecule has 0 spiro atoms. The van der Waals surface area contributed by atoms with E-state index in [-0.39, 0.29) is 0 Å². The van der Waals surface area contributed by atoms with Gasteiger partial charge in [0.2, 0.25) is 0 Å². The largest absolute Gasteiger partial charge is 0.456 e. The van der Waals surface area contributed by atoms with Crippen molar-refractivity contribution in [1.29, 1.82) is 0 Å². The third-order valence-electron chi connectivity index (χ3n) is 17.3. The van der Waals surface area contributed by atoms with Gasteiger partial charge in [-0.3, -0.25) is 4.98 Å². The van der Waals surface area contributed by atoms with Gasteiger partial charge < -0.3 is 34.5 Å². The predicted molar refractivity (Wildman–Crippen MR) is 413 cm³/mol. The summed E-state index contributed by atoms with van der Waals surface area (Å²) in [5.41, 5.74) is 21.1. The Morgan fingerprint density at radius 2 is 0.561 bits per heavy atom. The number of rotatable bonds is 11. The molecule has 0 fully saturated rings. The van der Waals surface area contributed by atoms with Crippen molar-refractivity contribution in [3.63, 3.8) is 0 Å². The van der Waals surface area contributed by atoms with E-state index < -0.39 is 0 Å². The fourth-order valence-corrected chi connectivity index (χ4v) is 13.6. The number of fused-ring (bicyclic) bond motifs is 12. The Labute approximate surface area is 570 Å². The van der Waals surface area contributed by atoms with Crippen LogP contribution in [0.4, 0.5) is 45.5 Å². The Bertz CT molecular complexity index is 5920. The standard InChI is InChI=1S/2C24H17NO.C23H16N2O.C18H13NS/c1-2-7-17(8-3-1)18-9-6-10-19(15-18)25-20-13-14-24-22(16-20)21-11-4-5-12-23(21)26-24;1-2-6-17(7-3-1)18-10-12-19(13-11-18)25-20-14-15-22-21-8-4-5-9-23(21)26-24(22)16-20;1-2-6-22-20(5-1)21-14-19(11-12-23(21)26-22)25-18-9-7-16(8-10-18)17-4-3-13-24-15-17;1-2-6-13(7-3-1)19-14-10-11-16-15-8-4-5-9-17(15)20-18(16)12-14/h2*1-16,25H;1-15,25H;1-12,19H. The van der Waals surface area contributed by atoms with Gasteiger partial charge in [0, 0.05) is 116 Å². The van der Waals surface area contributed by atoms with Crippen LogP contribution in [0.15, 0.2) is 371 Å². The maximum Gasteiger partial charge on any atom is 0.137 e. The average molecular weight is 1280 g/mol. The molecular formula is C89H63N5O3S. The van der Waals surface area contributed by atoms with Gasteiger partial charge in [0.05, 0.1) is 0 Å². The van der Waals surface area contributed by atoms with Gasteiger partial charge in [-0.25, -0.2) is 0 Å². The first-order chi connectivity index (χ1) is 48.5. The maximum atomic E-state index is 5.97. The Balaban J connectivity index is 0.000000103. The Hall–Kier alpha value is -13.0. The summed E-state index contributed by atoms with van der Waals surface area (Å²) in [7, 11) is 0. The summed E-state index contributed by atoms with van der Waals surface area (Å²) >= 11 is 1.85. The molecule has 0 saturated heterocycles. The van der Waals surface area contributed by atoms with E-state index in [1.165, 1.54) is 42.4 Å². The molecule has 19 rings (SSSR count). The minimum Gasteiger partial charge on any atom is -0.456 e. The van der Waals surface area contributed by atoms with Crippen LogP contribution >= 0.6 is 11.3 Å². The van der Waals surface area contributed by atoms with E-state index in [2.05, 4.69) is 263 Å². The Kier molecular flexibility index (Phi) is 16.9. The van der Waals surface area contributed by atoms with Gasteiger partial charge in [-0.2, -0.15) is 0 Å². The molecule has 9 heteroatoms. The second kappa shape index (κ2) is 27.6. The number of anilines is 8. The van der Waals surface area contributed by atoms with E-state index in [1.807, 2.05) is 127 Å². The van der Waals surface area contributed by atoms with E-state index in [0.29, 0.717) is 0 Å². The van der Waals surface area contributed by atoms with Crippen molar-refractivity contribution in [2.24, 2.45) is 0 Å². The van der Waals surface area contributed by atoms with Crippen LogP contribution < -0.4 is 21.3 Å². The van der Waals surface area contributed by atoms with Crippen molar-refractivity contribution >= 4 is 143 Å². The Morgan fingerprint density at radius 3 is 1.14 bits per heavy atom. The van der Waals surface area contributed by atoms with Gasteiger partial charge in [-0.15, -0.1) is 11.3 Å². The zero-order valence-electron chi connectivity index (χ0n) is 53.1. The molecule has 468 valence electrons. The summed E-state index contributed by atoms with van der Waals surface area (Å²) in [6, 6.07) is 119. The molecular weight excluding hydrogens is 1220 g/mol. The molecule has 5 aromatic heterocycles. The average Bonchev–Trinajstić information content (AvgIpc) is 1.68. The summed E-state index contributed by atoms with van der Waals surface area (Å²) in [6.45, 7) is 0. The van der Waals surface area contributed by atoms with Crippen molar-refractivity contribution in [1.82, 2.24) is 4.98 Å². The lowest BCUT2D eigenvalue weighted by atomic mass is 10.1. The SMILES string of the molecule is c1ccc(-c2ccc(Nc3ccc4c(c3)oc3ccccc34)cc2)cc1.c1ccc(-c2cccc(Nc3ccc4oc5ccccc5c4c3)c2)cc1.c1ccc(Nc2ccc3c(c2)sc2ccccc23)cc1.c1cncc(-c2ccc(Nc3ccc4oc5ccccc5c4c3)cc2)c1. The van der Waals surface area contributed by atoms with Gasteiger partial charge in [0.1, 0.15) is 33.5 Å². The van der Waals surface area contributed by atoms with Crippen LogP contribution in [0.1, 0.15) is 0 Å². The minimum absolute atomic E-state index is 0.900. The summed E-state index contributed by atoms with van der Waals surface area (Å²) in [5, 5.41) is 23.4. The first kappa shape index (κ1) is 60.0. The molecule has 0 saturated carbocycles. The second-order valence-corrected chi connectivity index (χ2v) is 24.9. The number of furan rings is 3. The number of pyridine rings is 1. The van der Waals surface area contributed by atoms with Gasteiger partial charge in [0.25, 0.3) is 0 Å². The molecule has 0 atom stereocenters. The predicted octanol–water partition coefficient (Wildman–Crippen LogP) is 26.2. The lowest BCUT2D eigenvalue weighted by Crippen LogP contribution is -1.90. The van der Waals surface area contributed by atoms with Crippen LogP contribution in [0.25, 0.3) is 119 Å². The molecule has 0 amide bonds. The van der Waals surface area contributed by atoms with Gasteiger partial charge in [0.15, 0.2) is 0 Å². The monoisotopic (exact) mass is 1280 g/mol. The molecule has 19 aromatic rings. The molecule has 14 aromatic carbocycles. The highest BCUT2D eigenvalue weighted by molar-refractivity contribution is 7.25. The Morgan fingerprint density at radius 1 is 0.204 bits per heavy atom. The van der Waals surface area contributed by atoms with E-state index in [0.717, 1.165) is 122 Å². The van der Waals surface area contributed by atoms with E-state index in [1.54, 1.807) is 6.20 Å². The molecule has 0 aliphatic heterocycles. The highest BCUT2D eigenvalue weighted by atomic mass is 32.1.